The monoisotopic (exact) mass is 305 g/mol. The zero-order valence-corrected chi connectivity index (χ0v) is 14.0. The third-order valence-electron chi connectivity index (χ3n) is 4.59. The summed E-state index contributed by atoms with van der Waals surface area (Å²) in [5.74, 6) is 1.12. The molecule has 0 radical (unpaired) electrons. The van der Waals surface area contributed by atoms with Crippen LogP contribution in [0.15, 0.2) is 18.2 Å². The molecule has 1 aromatic carbocycles. The molecule has 3 rings (SSSR count). The average Bonchev–Trinajstić information content (AvgIpc) is 2.78. The van der Waals surface area contributed by atoms with Crippen molar-refractivity contribution in [3.05, 3.63) is 29.0 Å². The van der Waals surface area contributed by atoms with Crippen LogP contribution in [0.2, 0.25) is 5.02 Å². The van der Waals surface area contributed by atoms with Gasteiger partial charge in [0.2, 0.25) is 0 Å². The summed E-state index contributed by atoms with van der Waals surface area (Å²) in [6, 6.07) is 6.60. The van der Waals surface area contributed by atoms with Crippen molar-refractivity contribution in [2.75, 3.05) is 6.54 Å². The minimum Gasteiger partial charge on any atom is -0.323 e. The fourth-order valence-electron chi connectivity index (χ4n) is 3.50. The van der Waals surface area contributed by atoms with Gasteiger partial charge < -0.3 is 9.88 Å². The lowest BCUT2D eigenvalue weighted by Gasteiger charge is -2.39. The van der Waals surface area contributed by atoms with E-state index in [1.165, 1.54) is 12.8 Å². The number of hydrogen-bond acceptors (Lipinski definition) is 2. The highest BCUT2D eigenvalue weighted by Crippen LogP contribution is 2.42. The van der Waals surface area contributed by atoms with Crippen LogP contribution in [0.25, 0.3) is 11.0 Å². The van der Waals surface area contributed by atoms with Crippen LogP contribution >= 0.6 is 11.6 Å². The summed E-state index contributed by atoms with van der Waals surface area (Å²) in [4.78, 5) is 4.93. The lowest BCUT2D eigenvalue weighted by molar-refractivity contribution is 0.169. The van der Waals surface area contributed by atoms with Crippen molar-refractivity contribution in [2.45, 2.75) is 52.6 Å². The number of halogens is 1. The smallest absolute Gasteiger partial charge is 0.127 e. The number of nitrogens with one attached hydrogen (secondary N) is 1. The number of benzene rings is 1. The van der Waals surface area contributed by atoms with Crippen molar-refractivity contribution >= 4 is 22.6 Å². The molecule has 0 aliphatic carbocycles. The van der Waals surface area contributed by atoms with Crippen molar-refractivity contribution in [2.24, 2.45) is 5.41 Å². The Bertz CT molecular complexity index is 657. The number of fused-ring (bicyclic) bond motifs is 1. The van der Waals surface area contributed by atoms with Gasteiger partial charge in [0.05, 0.1) is 22.1 Å². The van der Waals surface area contributed by atoms with Crippen molar-refractivity contribution in [1.29, 1.82) is 0 Å². The largest absolute Gasteiger partial charge is 0.323 e. The van der Waals surface area contributed by atoms with Crippen molar-refractivity contribution in [3.63, 3.8) is 0 Å². The van der Waals surface area contributed by atoms with Crippen LogP contribution < -0.4 is 5.32 Å². The molecule has 2 aromatic rings. The summed E-state index contributed by atoms with van der Waals surface area (Å²) in [6.45, 7) is 10.1. The topological polar surface area (TPSA) is 29.9 Å². The van der Waals surface area contributed by atoms with Crippen LogP contribution in [0.1, 0.15) is 58.4 Å². The second-order valence-electron chi connectivity index (χ2n) is 7.02. The van der Waals surface area contributed by atoms with Gasteiger partial charge in [-0.1, -0.05) is 31.5 Å². The molecule has 1 saturated heterocycles. The Kier molecular flexibility index (Phi) is 3.74. The number of imidazole rings is 1. The molecule has 114 valence electrons. The third-order valence-corrected chi connectivity index (χ3v) is 4.90. The van der Waals surface area contributed by atoms with E-state index in [4.69, 9.17) is 16.6 Å². The molecule has 1 aliphatic heterocycles. The Morgan fingerprint density at radius 1 is 1.38 bits per heavy atom. The van der Waals surface area contributed by atoms with Gasteiger partial charge in [-0.25, -0.2) is 4.98 Å². The number of para-hydroxylation sites is 1. The first-order valence-electron chi connectivity index (χ1n) is 7.81. The standard InChI is InChI=1S/C17H24ClN3/c1-11(2)21-14-12(18)7-5-8-13(14)20-16(21)15-17(3,4)9-6-10-19-15/h5,7-8,11,15,19H,6,9-10H2,1-4H3. The summed E-state index contributed by atoms with van der Waals surface area (Å²) in [6.07, 6.45) is 2.45. The maximum atomic E-state index is 6.45. The molecule has 21 heavy (non-hydrogen) atoms. The number of piperidine rings is 1. The molecular formula is C17H24ClN3. The normalized spacial score (nSPS) is 22.1. The first-order valence-corrected chi connectivity index (χ1v) is 8.19. The minimum atomic E-state index is 0.207. The lowest BCUT2D eigenvalue weighted by atomic mass is 9.77. The molecule has 1 aromatic heterocycles. The molecule has 4 heteroatoms. The van der Waals surface area contributed by atoms with E-state index in [1.54, 1.807) is 0 Å². The summed E-state index contributed by atoms with van der Waals surface area (Å²) in [5.41, 5.74) is 2.26. The summed E-state index contributed by atoms with van der Waals surface area (Å²) in [5, 5.41) is 4.46. The summed E-state index contributed by atoms with van der Waals surface area (Å²) in [7, 11) is 0. The number of aromatic nitrogens is 2. The second-order valence-corrected chi connectivity index (χ2v) is 7.43. The van der Waals surface area contributed by atoms with Gasteiger partial charge in [-0.3, -0.25) is 0 Å². The van der Waals surface area contributed by atoms with Crippen LogP contribution in [0.3, 0.4) is 0 Å². The Labute approximate surface area is 131 Å². The van der Waals surface area contributed by atoms with Crippen LogP contribution in [0.5, 0.6) is 0 Å². The van der Waals surface area contributed by atoms with Crippen LogP contribution in [0.4, 0.5) is 0 Å². The number of rotatable bonds is 2. The molecule has 1 fully saturated rings. The molecule has 1 unspecified atom stereocenters. The van der Waals surface area contributed by atoms with Gasteiger partial charge in [0, 0.05) is 6.04 Å². The fraction of sp³-hybridized carbons (Fsp3) is 0.588. The van der Waals surface area contributed by atoms with Crippen molar-refractivity contribution in [1.82, 2.24) is 14.9 Å². The maximum absolute atomic E-state index is 6.45. The zero-order valence-electron chi connectivity index (χ0n) is 13.3. The van der Waals surface area contributed by atoms with Crippen LogP contribution in [0, 0.1) is 5.41 Å². The quantitative estimate of drug-likeness (QED) is 0.870. The van der Waals surface area contributed by atoms with E-state index in [0.717, 1.165) is 28.4 Å². The van der Waals surface area contributed by atoms with Gasteiger partial charge in [-0.15, -0.1) is 0 Å². The average molecular weight is 306 g/mol. The molecular weight excluding hydrogens is 282 g/mol. The zero-order chi connectivity index (χ0) is 15.2. The lowest BCUT2D eigenvalue weighted by Crippen LogP contribution is -2.41. The fourth-order valence-corrected chi connectivity index (χ4v) is 3.76. The van der Waals surface area contributed by atoms with Gasteiger partial charge in [-0.2, -0.15) is 0 Å². The van der Waals surface area contributed by atoms with E-state index in [0.29, 0.717) is 6.04 Å². The van der Waals surface area contributed by atoms with Gasteiger partial charge in [0.25, 0.3) is 0 Å². The molecule has 1 N–H and O–H groups in total. The Morgan fingerprint density at radius 3 is 2.81 bits per heavy atom. The van der Waals surface area contributed by atoms with E-state index in [9.17, 15) is 0 Å². The van der Waals surface area contributed by atoms with E-state index in [1.807, 2.05) is 12.1 Å². The molecule has 0 bridgehead atoms. The third kappa shape index (κ3) is 2.47. The number of hydrogen-bond donors (Lipinski definition) is 1. The predicted molar refractivity (Wildman–Crippen MR) is 88.9 cm³/mol. The predicted octanol–water partition coefficient (Wildman–Crippen LogP) is 4.72. The first kappa shape index (κ1) is 14.9. The molecule has 3 nitrogen and oxygen atoms in total. The highest BCUT2D eigenvalue weighted by molar-refractivity contribution is 6.35. The SMILES string of the molecule is CC(C)n1c(C2NCCCC2(C)C)nc2cccc(Cl)c21. The Balaban J connectivity index is 2.22. The molecule has 0 spiro atoms. The van der Waals surface area contributed by atoms with Crippen LogP contribution in [-0.2, 0) is 0 Å². The van der Waals surface area contributed by atoms with E-state index >= 15 is 0 Å². The van der Waals surface area contributed by atoms with E-state index < -0.39 is 0 Å². The molecule has 2 heterocycles. The van der Waals surface area contributed by atoms with Crippen LogP contribution in [-0.4, -0.2) is 16.1 Å². The second kappa shape index (κ2) is 5.29. The van der Waals surface area contributed by atoms with Gasteiger partial charge in [0.1, 0.15) is 5.82 Å². The minimum absolute atomic E-state index is 0.207. The van der Waals surface area contributed by atoms with Gasteiger partial charge in [0.15, 0.2) is 0 Å². The van der Waals surface area contributed by atoms with Crippen molar-refractivity contribution < 1.29 is 0 Å². The van der Waals surface area contributed by atoms with Gasteiger partial charge >= 0.3 is 0 Å². The molecule has 0 amide bonds. The van der Waals surface area contributed by atoms with E-state index in [2.05, 4.69) is 43.6 Å². The van der Waals surface area contributed by atoms with Crippen molar-refractivity contribution in [3.8, 4) is 0 Å². The maximum Gasteiger partial charge on any atom is 0.127 e. The molecule has 0 saturated carbocycles. The highest BCUT2D eigenvalue weighted by Gasteiger charge is 2.37. The highest BCUT2D eigenvalue weighted by atomic mass is 35.5. The molecule has 1 atom stereocenters. The molecule has 1 aliphatic rings. The first-order chi connectivity index (χ1) is 9.92. The Hall–Kier alpha value is -1.06. The summed E-state index contributed by atoms with van der Waals surface area (Å²) < 4.78 is 2.31. The summed E-state index contributed by atoms with van der Waals surface area (Å²) >= 11 is 6.45. The Morgan fingerprint density at radius 2 is 2.14 bits per heavy atom. The van der Waals surface area contributed by atoms with Gasteiger partial charge in [-0.05, 0) is 50.8 Å². The number of nitrogens with zero attached hydrogens (tertiary/aromatic N) is 2. The van der Waals surface area contributed by atoms with E-state index in [-0.39, 0.29) is 11.5 Å².